The van der Waals surface area contributed by atoms with E-state index in [2.05, 4.69) is 4.18 Å². The summed E-state index contributed by atoms with van der Waals surface area (Å²) in [6, 6.07) is 0. The van der Waals surface area contributed by atoms with Crippen LogP contribution in [-0.4, -0.2) is 25.3 Å². The van der Waals surface area contributed by atoms with Crippen LogP contribution in [0.15, 0.2) is 0 Å². The molecule has 0 aromatic heterocycles. The molecule has 0 aromatic rings. The zero-order valence-electron chi connectivity index (χ0n) is 9.21. The van der Waals surface area contributed by atoms with Crippen LogP contribution in [0.3, 0.4) is 0 Å². The number of rotatable bonds is 6. The standard InChI is InChI=1S/C9H13F3O4S/c1-2-3-4-7(13)8(5-6-8)16-17(14,15)9(10,11)12/h2-6H2,1H3. The van der Waals surface area contributed by atoms with Crippen molar-refractivity contribution in [2.24, 2.45) is 0 Å². The van der Waals surface area contributed by atoms with Crippen molar-refractivity contribution < 1.29 is 30.6 Å². The van der Waals surface area contributed by atoms with E-state index in [1.807, 2.05) is 6.92 Å². The van der Waals surface area contributed by atoms with Crippen LogP contribution in [-0.2, 0) is 19.1 Å². The Morgan fingerprint density at radius 2 is 1.88 bits per heavy atom. The molecule has 0 bridgehead atoms. The van der Waals surface area contributed by atoms with E-state index in [0.29, 0.717) is 12.8 Å². The van der Waals surface area contributed by atoms with Crippen LogP contribution in [0.4, 0.5) is 13.2 Å². The average molecular weight is 274 g/mol. The van der Waals surface area contributed by atoms with Crippen LogP contribution in [0.2, 0.25) is 0 Å². The second-order valence-corrected chi connectivity index (χ2v) is 5.54. The van der Waals surface area contributed by atoms with Crippen molar-refractivity contribution in [1.82, 2.24) is 0 Å². The van der Waals surface area contributed by atoms with Crippen molar-refractivity contribution in [3.05, 3.63) is 0 Å². The fourth-order valence-electron chi connectivity index (χ4n) is 1.34. The number of carbonyl (C=O) groups is 1. The molecule has 0 aliphatic heterocycles. The number of unbranched alkanes of at least 4 members (excludes halogenated alkanes) is 1. The predicted molar refractivity (Wildman–Crippen MR) is 52.6 cm³/mol. The number of hydrogen-bond donors (Lipinski definition) is 0. The monoisotopic (exact) mass is 274 g/mol. The van der Waals surface area contributed by atoms with Gasteiger partial charge in [-0.2, -0.15) is 21.6 Å². The third-order valence-corrected chi connectivity index (χ3v) is 3.63. The zero-order valence-corrected chi connectivity index (χ0v) is 10.0. The van der Waals surface area contributed by atoms with E-state index in [-0.39, 0.29) is 19.3 Å². The molecule has 1 saturated carbocycles. The Morgan fingerprint density at radius 3 is 2.24 bits per heavy atom. The lowest BCUT2D eigenvalue weighted by atomic mass is 10.1. The van der Waals surface area contributed by atoms with Crippen molar-refractivity contribution in [2.75, 3.05) is 0 Å². The highest BCUT2D eigenvalue weighted by atomic mass is 32.2. The molecule has 0 amide bonds. The van der Waals surface area contributed by atoms with Gasteiger partial charge >= 0.3 is 15.6 Å². The fraction of sp³-hybridized carbons (Fsp3) is 0.889. The third-order valence-electron chi connectivity index (χ3n) is 2.52. The highest BCUT2D eigenvalue weighted by molar-refractivity contribution is 7.87. The van der Waals surface area contributed by atoms with Crippen molar-refractivity contribution in [3.8, 4) is 0 Å². The molecule has 100 valence electrons. The molecule has 0 aromatic carbocycles. The molecular formula is C9H13F3O4S. The third kappa shape index (κ3) is 3.19. The van der Waals surface area contributed by atoms with Gasteiger partial charge < -0.3 is 0 Å². The van der Waals surface area contributed by atoms with E-state index in [1.165, 1.54) is 0 Å². The molecule has 1 aliphatic rings. The smallest absolute Gasteiger partial charge is 0.296 e. The lowest BCUT2D eigenvalue weighted by Gasteiger charge is -2.16. The van der Waals surface area contributed by atoms with Crippen LogP contribution in [0.5, 0.6) is 0 Å². The zero-order chi connectivity index (χ0) is 13.3. The van der Waals surface area contributed by atoms with Gasteiger partial charge in [0.2, 0.25) is 0 Å². The van der Waals surface area contributed by atoms with Gasteiger partial charge in [0.05, 0.1) is 0 Å². The van der Waals surface area contributed by atoms with E-state index < -0.39 is 27.0 Å². The van der Waals surface area contributed by atoms with Crippen molar-refractivity contribution in [3.63, 3.8) is 0 Å². The second-order valence-electron chi connectivity index (χ2n) is 4.00. The first kappa shape index (κ1) is 14.4. The molecule has 0 radical (unpaired) electrons. The summed E-state index contributed by atoms with van der Waals surface area (Å²) >= 11 is 0. The molecule has 8 heteroatoms. The van der Waals surface area contributed by atoms with Gasteiger partial charge in [-0.15, -0.1) is 0 Å². The maximum Gasteiger partial charge on any atom is 0.523 e. The Balaban J connectivity index is 2.72. The average Bonchev–Trinajstić information content (AvgIpc) is 2.92. The molecule has 0 atom stereocenters. The highest BCUT2D eigenvalue weighted by Crippen LogP contribution is 2.45. The fourth-order valence-corrected chi connectivity index (χ4v) is 2.12. The molecule has 0 spiro atoms. The van der Waals surface area contributed by atoms with E-state index in [4.69, 9.17) is 0 Å². The van der Waals surface area contributed by atoms with Gasteiger partial charge in [0, 0.05) is 6.42 Å². The Hall–Kier alpha value is -0.630. The first-order chi connectivity index (χ1) is 7.65. The van der Waals surface area contributed by atoms with E-state index in [1.54, 1.807) is 0 Å². The van der Waals surface area contributed by atoms with Crippen molar-refractivity contribution in [2.45, 2.75) is 50.1 Å². The Labute approximate surface area is 97.3 Å². The van der Waals surface area contributed by atoms with Crippen LogP contribution in [0, 0.1) is 0 Å². The molecule has 0 unspecified atom stereocenters. The predicted octanol–water partition coefficient (Wildman–Crippen LogP) is 2.14. The van der Waals surface area contributed by atoms with Gasteiger partial charge in [0.1, 0.15) is 5.60 Å². The lowest BCUT2D eigenvalue weighted by molar-refractivity contribution is -0.128. The summed E-state index contributed by atoms with van der Waals surface area (Å²) in [5.41, 5.74) is -7.23. The Morgan fingerprint density at radius 1 is 1.35 bits per heavy atom. The summed E-state index contributed by atoms with van der Waals surface area (Å²) in [4.78, 5) is 11.5. The summed E-state index contributed by atoms with van der Waals surface area (Å²) in [5.74, 6) is -0.563. The van der Waals surface area contributed by atoms with Gasteiger partial charge in [-0.05, 0) is 19.3 Å². The molecule has 1 fully saturated rings. The van der Waals surface area contributed by atoms with Gasteiger partial charge in [-0.25, -0.2) is 4.18 Å². The molecule has 4 nitrogen and oxygen atoms in total. The van der Waals surface area contributed by atoms with Crippen LogP contribution in [0.25, 0.3) is 0 Å². The van der Waals surface area contributed by atoms with E-state index in [0.717, 1.165) is 0 Å². The molecule has 1 rings (SSSR count). The Kier molecular flexibility index (Phi) is 3.87. The molecule has 1 aliphatic carbocycles. The van der Waals surface area contributed by atoms with Gasteiger partial charge in [0.15, 0.2) is 5.78 Å². The maximum absolute atomic E-state index is 12.1. The number of Topliss-reactive ketones (excluding diaryl/α,β-unsaturated/α-hetero) is 1. The molecule has 0 heterocycles. The minimum atomic E-state index is -5.68. The summed E-state index contributed by atoms with van der Waals surface area (Å²) < 4.78 is 61.9. The molecule has 17 heavy (non-hydrogen) atoms. The SMILES string of the molecule is CCCCC(=O)C1(OS(=O)(=O)C(F)(F)F)CC1. The summed E-state index contributed by atoms with van der Waals surface area (Å²) in [6.07, 6.45) is 1.32. The van der Waals surface area contributed by atoms with Crippen LogP contribution >= 0.6 is 0 Å². The maximum atomic E-state index is 12.1. The number of carbonyl (C=O) groups excluding carboxylic acids is 1. The molecular weight excluding hydrogens is 261 g/mol. The Bertz CT molecular complexity index is 395. The highest BCUT2D eigenvalue weighted by Gasteiger charge is 2.59. The van der Waals surface area contributed by atoms with Crippen LogP contribution < -0.4 is 0 Å². The number of halogens is 3. The topological polar surface area (TPSA) is 60.4 Å². The first-order valence-electron chi connectivity index (χ1n) is 5.20. The van der Waals surface area contributed by atoms with Gasteiger partial charge in [0.25, 0.3) is 0 Å². The molecule has 0 N–H and O–H groups in total. The minimum Gasteiger partial charge on any atom is -0.296 e. The summed E-state index contributed by atoms with van der Waals surface area (Å²) in [5, 5.41) is 0. The molecule has 0 saturated heterocycles. The first-order valence-corrected chi connectivity index (χ1v) is 6.61. The largest absolute Gasteiger partial charge is 0.523 e. The summed E-state index contributed by atoms with van der Waals surface area (Å²) in [6.45, 7) is 1.82. The lowest BCUT2D eigenvalue weighted by Crippen LogP contribution is -2.35. The second kappa shape index (κ2) is 4.56. The van der Waals surface area contributed by atoms with Crippen LogP contribution in [0.1, 0.15) is 39.0 Å². The van der Waals surface area contributed by atoms with Crippen molar-refractivity contribution >= 4 is 15.9 Å². The number of alkyl halides is 3. The normalized spacial score (nSPS) is 19.1. The minimum absolute atomic E-state index is 0.0326. The van der Waals surface area contributed by atoms with E-state index >= 15 is 0 Å². The van der Waals surface area contributed by atoms with Gasteiger partial charge in [-0.3, -0.25) is 4.79 Å². The van der Waals surface area contributed by atoms with E-state index in [9.17, 15) is 26.4 Å². The quantitative estimate of drug-likeness (QED) is 0.550. The summed E-state index contributed by atoms with van der Waals surface area (Å²) in [7, 11) is -5.68. The number of ketones is 1. The van der Waals surface area contributed by atoms with Gasteiger partial charge in [-0.1, -0.05) is 13.3 Å². The number of hydrogen-bond acceptors (Lipinski definition) is 4. The van der Waals surface area contributed by atoms with Crippen molar-refractivity contribution in [1.29, 1.82) is 0 Å².